The van der Waals surface area contributed by atoms with Gasteiger partial charge in [-0.05, 0) is 31.7 Å². The van der Waals surface area contributed by atoms with Crippen LogP contribution in [0.5, 0.6) is 0 Å². The molecule has 0 saturated heterocycles. The third-order valence-corrected chi connectivity index (χ3v) is 4.10. The molecule has 2 heterocycles. The quantitative estimate of drug-likeness (QED) is 0.833. The number of thiophene rings is 1. The predicted molar refractivity (Wildman–Crippen MR) is 79.7 cm³/mol. The molecule has 0 radical (unpaired) electrons. The Labute approximate surface area is 122 Å². The fraction of sp³-hybridized carbons (Fsp3) is 0.538. The highest BCUT2D eigenvalue weighted by Gasteiger charge is 2.13. The third kappa shape index (κ3) is 3.63. The van der Waals surface area contributed by atoms with Crippen molar-refractivity contribution in [3.63, 3.8) is 0 Å². The Balaban J connectivity index is 2.18. The summed E-state index contributed by atoms with van der Waals surface area (Å²) in [7, 11) is 0. The highest BCUT2D eigenvalue weighted by atomic mass is 35.5. The first kappa shape index (κ1) is 14.7. The van der Waals surface area contributed by atoms with Gasteiger partial charge in [0.15, 0.2) is 0 Å². The first-order chi connectivity index (χ1) is 9.11. The second-order valence-electron chi connectivity index (χ2n) is 4.71. The van der Waals surface area contributed by atoms with Gasteiger partial charge in [-0.3, -0.25) is 4.90 Å². The molecule has 0 aliphatic carbocycles. The number of aliphatic hydroxyl groups is 1. The largest absolute Gasteiger partial charge is 0.396 e. The molecule has 0 amide bonds. The number of aromatic nitrogens is 2. The maximum absolute atomic E-state index is 8.94. The maximum atomic E-state index is 8.94. The molecule has 6 heteroatoms. The number of rotatable bonds is 6. The highest BCUT2D eigenvalue weighted by molar-refractivity contribution is 7.16. The summed E-state index contributed by atoms with van der Waals surface area (Å²) in [5, 5.41) is 12.4. The van der Waals surface area contributed by atoms with Crippen molar-refractivity contribution in [3.8, 4) is 0 Å². The van der Waals surface area contributed by atoms with Crippen LogP contribution in [-0.2, 0) is 6.54 Å². The predicted octanol–water partition coefficient (Wildman–Crippen LogP) is 2.94. The fourth-order valence-corrected chi connectivity index (χ4v) is 3.00. The van der Waals surface area contributed by atoms with E-state index in [9.17, 15) is 0 Å². The number of hydrogen-bond acceptors (Lipinski definition) is 5. The van der Waals surface area contributed by atoms with Crippen molar-refractivity contribution in [2.45, 2.75) is 32.9 Å². The van der Waals surface area contributed by atoms with E-state index >= 15 is 0 Å². The van der Waals surface area contributed by atoms with Crippen molar-refractivity contribution in [2.24, 2.45) is 0 Å². The molecular formula is C13H18ClN3OS. The first-order valence-corrected chi connectivity index (χ1v) is 7.62. The second-order valence-corrected chi connectivity index (χ2v) is 5.96. The van der Waals surface area contributed by atoms with Crippen LogP contribution in [0.1, 0.15) is 26.1 Å². The van der Waals surface area contributed by atoms with E-state index < -0.39 is 0 Å². The van der Waals surface area contributed by atoms with Crippen LogP contribution in [0.15, 0.2) is 11.4 Å². The minimum absolute atomic E-state index is 0.203. The summed E-state index contributed by atoms with van der Waals surface area (Å²) in [5.74, 6) is 0.742. The van der Waals surface area contributed by atoms with E-state index in [1.807, 2.05) is 11.4 Å². The van der Waals surface area contributed by atoms with Gasteiger partial charge in [-0.2, -0.15) is 0 Å². The lowest BCUT2D eigenvalue weighted by molar-refractivity contribution is 0.181. The number of halogens is 1. The summed E-state index contributed by atoms with van der Waals surface area (Å²) in [4.78, 5) is 12.1. The number of nitrogens with zero attached hydrogens (tertiary/aromatic N) is 3. The molecule has 0 unspecified atom stereocenters. The molecule has 4 nitrogen and oxygen atoms in total. The minimum Gasteiger partial charge on any atom is -0.396 e. The summed E-state index contributed by atoms with van der Waals surface area (Å²) in [6, 6.07) is 2.32. The van der Waals surface area contributed by atoms with E-state index in [2.05, 4.69) is 28.7 Å². The van der Waals surface area contributed by atoms with Crippen molar-refractivity contribution < 1.29 is 5.11 Å². The van der Waals surface area contributed by atoms with E-state index in [0.29, 0.717) is 17.7 Å². The Morgan fingerprint density at radius 2 is 2.21 bits per heavy atom. The van der Waals surface area contributed by atoms with Crippen molar-refractivity contribution >= 4 is 33.2 Å². The molecule has 104 valence electrons. The Morgan fingerprint density at radius 1 is 1.42 bits per heavy atom. The zero-order valence-corrected chi connectivity index (χ0v) is 12.7. The molecule has 0 fully saturated rings. The van der Waals surface area contributed by atoms with Crippen molar-refractivity contribution in [1.82, 2.24) is 14.9 Å². The maximum Gasteiger partial charge on any atom is 0.145 e. The van der Waals surface area contributed by atoms with Gasteiger partial charge in [0.1, 0.15) is 15.8 Å². The average molecular weight is 300 g/mol. The Bertz CT molecular complexity index is 544. The minimum atomic E-state index is 0.203. The molecule has 1 N–H and O–H groups in total. The fourth-order valence-electron chi connectivity index (χ4n) is 1.91. The normalized spacial score (nSPS) is 11.9. The topological polar surface area (TPSA) is 49.2 Å². The molecule has 0 spiro atoms. The van der Waals surface area contributed by atoms with Crippen LogP contribution in [0.2, 0.25) is 5.15 Å². The molecule has 0 atom stereocenters. The molecular weight excluding hydrogens is 282 g/mol. The Morgan fingerprint density at radius 3 is 2.89 bits per heavy atom. The van der Waals surface area contributed by atoms with Gasteiger partial charge in [0, 0.05) is 24.6 Å². The zero-order chi connectivity index (χ0) is 13.8. The summed E-state index contributed by atoms with van der Waals surface area (Å²) >= 11 is 7.74. The van der Waals surface area contributed by atoms with Crippen molar-refractivity contribution in [1.29, 1.82) is 0 Å². The lowest BCUT2D eigenvalue weighted by Crippen LogP contribution is -2.32. The number of hydrogen-bond donors (Lipinski definition) is 1. The van der Waals surface area contributed by atoms with E-state index in [-0.39, 0.29) is 6.61 Å². The summed E-state index contributed by atoms with van der Waals surface area (Å²) in [5.41, 5.74) is 0. The van der Waals surface area contributed by atoms with Gasteiger partial charge in [-0.15, -0.1) is 11.3 Å². The van der Waals surface area contributed by atoms with Crippen LogP contribution in [-0.4, -0.2) is 39.2 Å². The summed E-state index contributed by atoms with van der Waals surface area (Å²) in [6.45, 7) is 5.95. The van der Waals surface area contributed by atoms with Gasteiger partial charge in [-0.25, -0.2) is 9.97 Å². The molecule has 0 bridgehead atoms. The third-order valence-electron chi connectivity index (χ3n) is 3.00. The zero-order valence-electron chi connectivity index (χ0n) is 11.1. The van der Waals surface area contributed by atoms with Gasteiger partial charge in [0.25, 0.3) is 0 Å². The molecule has 2 aromatic rings. The Kier molecular flexibility index (Phi) is 5.10. The highest BCUT2D eigenvalue weighted by Crippen LogP contribution is 2.25. The SMILES string of the molecule is CC(C)N(CCCO)Cc1nc(Cl)c2ccsc2n1. The van der Waals surface area contributed by atoms with Gasteiger partial charge >= 0.3 is 0 Å². The molecule has 0 aliphatic heterocycles. The van der Waals surface area contributed by atoms with Crippen LogP contribution in [0.4, 0.5) is 0 Å². The molecule has 2 aromatic heterocycles. The lowest BCUT2D eigenvalue weighted by Gasteiger charge is -2.25. The van der Waals surface area contributed by atoms with Crippen LogP contribution in [0.25, 0.3) is 10.2 Å². The molecule has 2 rings (SSSR count). The van der Waals surface area contributed by atoms with Gasteiger partial charge < -0.3 is 5.11 Å². The van der Waals surface area contributed by atoms with Crippen molar-refractivity contribution in [3.05, 3.63) is 22.4 Å². The monoisotopic (exact) mass is 299 g/mol. The number of aliphatic hydroxyl groups excluding tert-OH is 1. The second kappa shape index (κ2) is 6.61. The molecule has 0 saturated carbocycles. The number of fused-ring (bicyclic) bond motifs is 1. The summed E-state index contributed by atoms with van der Waals surface area (Å²) < 4.78 is 0. The van der Waals surface area contributed by atoms with Gasteiger partial charge in [-0.1, -0.05) is 11.6 Å². The smallest absolute Gasteiger partial charge is 0.145 e. The van der Waals surface area contributed by atoms with Crippen molar-refractivity contribution in [2.75, 3.05) is 13.2 Å². The van der Waals surface area contributed by atoms with Crippen LogP contribution < -0.4 is 0 Å². The standard InChI is InChI=1S/C13H18ClN3OS/c1-9(2)17(5-3-6-18)8-11-15-12(14)10-4-7-19-13(10)16-11/h4,7,9,18H,3,5-6,8H2,1-2H3. The Hall–Kier alpha value is -0.750. The van der Waals surface area contributed by atoms with Gasteiger partial charge in [0.05, 0.1) is 6.54 Å². The van der Waals surface area contributed by atoms with E-state index in [1.165, 1.54) is 0 Å². The van der Waals surface area contributed by atoms with Crippen LogP contribution in [0.3, 0.4) is 0 Å². The van der Waals surface area contributed by atoms with E-state index in [4.69, 9.17) is 16.7 Å². The molecule has 19 heavy (non-hydrogen) atoms. The average Bonchev–Trinajstić information content (AvgIpc) is 2.82. The van der Waals surface area contributed by atoms with Gasteiger partial charge in [0.2, 0.25) is 0 Å². The van der Waals surface area contributed by atoms with E-state index in [0.717, 1.165) is 29.0 Å². The van der Waals surface area contributed by atoms with Crippen LogP contribution >= 0.6 is 22.9 Å². The molecule has 0 aromatic carbocycles. The molecule has 0 aliphatic rings. The summed E-state index contributed by atoms with van der Waals surface area (Å²) in [6.07, 6.45) is 0.757. The van der Waals surface area contributed by atoms with Crippen LogP contribution in [0, 0.1) is 0 Å². The van der Waals surface area contributed by atoms with E-state index in [1.54, 1.807) is 11.3 Å². The first-order valence-electron chi connectivity index (χ1n) is 6.36. The lowest BCUT2D eigenvalue weighted by atomic mass is 10.3.